The molecule has 0 radical (unpaired) electrons. The first-order valence-corrected chi connectivity index (χ1v) is 20.1. The van der Waals surface area contributed by atoms with E-state index in [2.05, 4.69) is 27.0 Å². The fourth-order valence-electron chi connectivity index (χ4n) is 11.3. The highest BCUT2D eigenvalue weighted by atomic mass is 16.8. The summed E-state index contributed by atoms with van der Waals surface area (Å²) in [4.78, 5) is 14.0. The van der Waals surface area contributed by atoms with Crippen molar-refractivity contribution in [3.63, 3.8) is 0 Å². The topological polar surface area (TPSA) is 137 Å². The molecule has 0 aromatic carbocycles. The van der Waals surface area contributed by atoms with Crippen molar-refractivity contribution in [2.75, 3.05) is 6.54 Å². The molecular weight excluding hydrogens is 666 g/mol. The van der Waals surface area contributed by atoms with Gasteiger partial charge in [-0.05, 0) is 73.8 Å². The third-order valence-corrected chi connectivity index (χ3v) is 14.2. The standard InChI is InChI=1S/C40H59NO10.CH4/c1-19-11-25-5-7-29-20(2)12-27(44-29)9-10-40-17-34-36(50-40)37-38(49-34)39(51-40)35-30(48-37)8-6-26(46-35)13-23(42)14-28-22(4)31(15-24(43)18-41)47-33(28)16-32(45-25)21(19)3;/h19,22,24-39,43H,2-3,5-18,41H2,1,4H3;1H4/t19-,22-,24+,25+,26?,27+,28-,29?,30+,31-,32?,33+,34-,35+,36+,37+,38-,39+,40+;/m1./s1. The minimum absolute atomic E-state index is 0. The number of hydrogen-bond donors (Lipinski definition) is 2. The molecule has 1 spiro atoms. The number of aliphatic hydroxyl groups excluding tert-OH is 1. The number of rotatable bonds is 3. The molecular formula is C41H63NO10. The summed E-state index contributed by atoms with van der Waals surface area (Å²) in [5.74, 6) is -0.222. The summed E-state index contributed by atoms with van der Waals surface area (Å²) in [5, 5.41) is 10.5. The molecule has 0 amide bonds. The Morgan fingerprint density at radius 1 is 0.769 bits per heavy atom. The monoisotopic (exact) mass is 729 g/mol. The summed E-state index contributed by atoms with van der Waals surface area (Å²) >= 11 is 0. The SMILES string of the molecule is C.C=C1C[C@@H]2CC[C@@]34C[C@H]5O[C@H]6[C@@H](O3)[C@H]3OC(CC[C@@H]3O[C@H]6[C@H]5O4)CC(=O)C[C@@H]3[C@@H](C)[C@@H](C[C@H](O)CN)O[C@H]3CC3O[C@@H](CCC1O2)C[C@@H](C)C3=C. The number of ketones is 1. The maximum Gasteiger partial charge on any atom is 0.172 e. The molecule has 0 aromatic heterocycles. The first-order chi connectivity index (χ1) is 24.6. The second kappa shape index (κ2) is 14.7. The van der Waals surface area contributed by atoms with Gasteiger partial charge in [0, 0.05) is 45.1 Å². The molecule has 292 valence electrons. The van der Waals surface area contributed by atoms with E-state index in [0.29, 0.717) is 44.4 Å². The predicted molar refractivity (Wildman–Crippen MR) is 191 cm³/mol. The lowest BCUT2D eigenvalue weighted by atomic mass is 9.78. The lowest BCUT2D eigenvalue weighted by Gasteiger charge is -2.47. The predicted octanol–water partition coefficient (Wildman–Crippen LogP) is 4.70. The van der Waals surface area contributed by atoms with Crippen LogP contribution in [0.2, 0.25) is 0 Å². The van der Waals surface area contributed by atoms with Crippen LogP contribution in [0.5, 0.6) is 0 Å². The number of nitrogens with two attached hydrogens (primary N) is 1. The number of carbonyl (C=O) groups is 1. The van der Waals surface area contributed by atoms with E-state index in [1.165, 1.54) is 0 Å². The zero-order chi connectivity index (χ0) is 35.2. The third-order valence-electron chi connectivity index (χ3n) is 14.2. The van der Waals surface area contributed by atoms with Gasteiger partial charge in [-0.25, -0.2) is 0 Å². The van der Waals surface area contributed by atoms with Gasteiger partial charge in [0.25, 0.3) is 0 Å². The first kappa shape index (κ1) is 37.7. The molecule has 10 rings (SSSR count). The van der Waals surface area contributed by atoms with Gasteiger partial charge in [-0.1, -0.05) is 34.4 Å². The number of ether oxygens (including phenoxy) is 8. The molecule has 0 aliphatic carbocycles. The molecule has 10 heterocycles. The Bertz CT molecular complexity index is 1360. The van der Waals surface area contributed by atoms with Crippen LogP contribution < -0.4 is 5.73 Å². The number of Topliss-reactive ketones (excluding diaryl/α,β-unsaturated/α-hetero) is 1. The van der Waals surface area contributed by atoms with E-state index in [9.17, 15) is 9.90 Å². The highest BCUT2D eigenvalue weighted by Gasteiger charge is 2.68. The molecule has 3 unspecified atom stereocenters. The van der Waals surface area contributed by atoms with Crippen molar-refractivity contribution < 1.29 is 47.8 Å². The summed E-state index contributed by atoms with van der Waals surface area (Å²) < 4.78 is 54.0. The van der Waals surface area contributed by atoms with Crippen LogP contribution >= 0.6 is 0 Å². The molecule has 11 heteroatoms. The molecule has 0 aromatic rings. The second-order valence-electron chi connectivity index (χ2n) is 17.6. The van der Waals surface area contributed by atoms with E-state index in [-0.39, 0.29) is 117 Å². The lowest BCUT2D eigenvalue weighted by molar-refractivity contribution is -0.292. The highest BCUT2D eigenvalue weighted by Crippen LogP contribution is 2.54. The zero-order valence-electron chi connectivity index (χ0n) is 30.4. The molecule has 19 atom stereocenters. The van der Waals surface area contributed by atoms with Crippen LogP contribution in [0.4, 0.5) is 0 Å². The van der Waals surface area contributed by atoms with Crippen LogP contribution in [0.1, 0.15) is 105 Å². The Morgan fingerprint density at radius 2 is 1.50 bits per heavy atom. The van der Waals surface area contributed by atoms with Crippen molar-refractivity contribution in [3.05, 3.63) is 24.3 Å². The number of carbonyl (C=O) groups excluding carboxylic acids is 1. The molecule has 10 fully saturated rings. The van der Waals surface area contributed by atoms with Gasteiger partial charge in [-0.2, -0.15) is 0 Å². The fraction of sp³-hybridized carbons (Fsp3) is 0.878. The molecule has 11 nitrogen and oxygen atoms in total. The van der Waals surface area contributed by atoms with Crippen molar-refractivity contribution in [1.82, 2.24) is 0 Å². The Kier molecular flexibility index (Phi) is 10.6. The quantitative estimate of drug-likeness (QED) is 0.392. The fourth-order valence-corrected chi connectivity index (χ4v) is 11.3. The summed E-state index contributed by atoms with van der Waals surface area (Å²) in [6.07, 6.45) is 6.43. The maximum absolute atomic E-state index is 14.0. The van der Waals surface area contributed by atoms with Gasteiger partial charge >= 0.3 is 0 Å². The molecule has 10 saturated heterocycles. The molecule has 10 aliphatic heterocycles. The van der Waals surface area contributed by atoms with E-state index < -0.39 is 11.9 Å². The number of aliphatic hydroxyl groups is 1. The van der Waals surface area contributed by atoms with Gasteiger partial charge in [0.1, 0.15) is 36.3 Å². The zero-order valence-corrected chi connectivity index (χ0v) is 30.4. The summed E-state index contributed by atoms with van der Waals surface area (Å²) in [5.41, 5.74) is 8.06. The van der Waals surface area contributed by atoms with E-state index in [4.69, 9.17) is 43.6 Å². The lowest BCUT2D eigenvalue weighted by Crippen LogP contribution is -2.61. The van der Waals surface area contributed by atoms with Crippen LogP contribution in [-0.4, -0.2) is 115 Å². The molecule has 0 saturated carbocycles. The van der Waals surface area contributed by atoms with Crippen molar-refractivity contribution in [2.45, 2.75) is 202 Å². The van der Waals surface area contributed by atoms with Crippen LogP contribution in [0.15, 0.2) is 24.3 Å². The first-order valence-electron chi connectivity index (χ1n) is 20.1. The Labute approximate surface area is 309 Å². The summed E-state index contributed by atoms with van der Waals surface area (Å²) in [6, 6.07) is 0. The number of fused-ring (bicyclic) bond motifs is 6. The van der Waals surface area contributed by atoms with Gasteiger partial charge in [-0.15, -0.1) is 0 Å². The van der Waals surface area contributed by atoms with Gasteiger partial charge < -0.3 is 48.7 Å². The van der Waals surface area contributed by atoms with Crippen LogP contribution in [0, 0.1) is 17.8 Å². The van der Waals surface area contributed by atoms with Crippen LogP contribution in [-0.2, 0) is 42.7 Å². The van der Waals surface area contributed by atoms with E-state index in [1.807, 2.05) is 0 Å². The summed E-state index contributed by atoms with van der Waals surface area (Å²) in [7, 11) is 0. The Hall–Kier alpha value is -1.25. The van der Waals surface area contributed by atoms with Crippen LogP contribution in [0.3, 0.4) is 0 Å². The minimum atomic E-state index is -0.765. The van der Waals surface area contributed by atoms with Crippen molar-refractivity contribution in [2.24, 2.45) is 23.5 Å². The van der Waals surface area contributed by atoms with E-state index in [0.717, 1.165) is 56.1 Å². The van der Waals surface area contributed by atoms with Gasteiger partial charge in [0.05, 0.1) is 61.0 Å². The van der Waals surface area contributed by atoms with E-state index >= 15 is 0 Å². The normalized spacial score (nSPS) is 52.2. The maximum atomic E-state index is 14.0. The number of hydrogen-bond acceptors (Lipinski definition) is 11. The Balaban J connectivity index is 0.00000387. The van der Waals surface area contributed by atoms with Gasteiger partial charge in [0.2, 0.25) is 0 Å². The van der Waals surface area contributed by atoms with Gasteiger partial charge in [-0.3, -0.25) is 4.79 Å². The molecule has 10 aliphatic rings. The minimum Gasteiger partial charge on any atom is -0.392 e. The Morgan fingerprint density at radius 3 is 2.33 bits per heavy atom. The van der Waals surface area contributed by atoms with E-state index in [1.54, 1.807) is 0 Å². The van der Waals surface area contributed by atoms with Crippen molar-refractivity contribution in [1.29, 1.82) is 0 Å². The van der Waals surface area contributed by atoms with Gasteiger partial charge in [0.15, 0.2) is 5.79 Å². The average molecular weight is 730 g/mol. The summed E-state index contributed by atoms with van der Waals surface area (Å²) in [6.45, 7) is 13.5. The average Bonchev–Trinajstić information content (AvgIpc) is 3.77. The van der Waals surface area contributed by atoms with Crippen LogP contribution in [0.25, 0.3) is 0 Å². The van der Waals surface area contributed by atoms with Crippen molar-refractivity contribution >= 4 is 5.78 Å². The molecule has 3 N–H and O–H groups in total. The smallest absolute Gasteiger partial charge is 0.172 e. The third kappa shape index (κ3) is 6.81. The highest BCUT2D eigenvalue weighted by molar-refractivity contribution is 5.79. The molecule has 52 heavy (non-hydrogen) atoms. The van der Waals surface area contributed by atoms with Crippen molar-refractivity contribution in [3.8, 4) is 0 Å². The largest absolute Gasteiger partial charge is 0.392 e. The molecule has 12 bridgehead atoms. The second-order valence-corrected chi connectivity index (χ2v) is 17.6.